The van der Waals surface area contributed by atoms with E-state index in [9.17, 15) is 14.4 Å². The molecule has 0 bridgehead atoms. The van der Waals surface area contributed by atoms with E-state index in [4.69, 9.17) is 11.6 Å². The first-order chi connectivity index (χ1) is 12.5. The monoisotopic (exact) mass is 371 g/mol. The number of nitrogens with one attached hydrogen (secondary N) is 2. The number of halogens is 1. The lowest BCUT2D eigenvalue weighted by atomic mass is 10.0. The summed E-state index contributed by atoms with van der Waals surface area (Å²) in [5, 5.41) is 6.00. The summed E-state index contributed by atoms with van der Waals surface area (Å²) < 4.78 is 0. The van der Waals surface area contributed by atoms with Crippen molar-refractivity contribution in [3.63, 3.8) is 0 Å². The maximum atomic E-state index is 12.7. The van der Waals surface area contributed by atoms with Crippen LogP contribution in [0.25, 0.3) is 0 Å². The number of benzene rings is 2. The first-order valence-electron chi connectivity index (χ1n) is 8.18. The summed E-state index contributed by atoms with van der Waals surface area (Å²) in [7, 11) is 0. The van der Waals surface area contributed by atoms with Crippen LogP contribution in [-0.4, -0.2) is 29.3 Å². The van der Waals surface area contributed by atoms with Crippen molar-refractivity contribution in [2.24, 2.45) is 0 Å². The third kappa shape index (κ3) is 3.86. The Balaban J connectivity index is 1.77. The fraction of sp³-hybridized carbons (Fsp3) is 0.211. The molecule has 1 aliphatic heterocycles. The number of hydrogen-bond donors (Lipinski definition) is 2. The average molecular weight is 372 g/mol. The molecule has 3 rings (SSSR count). The zero-order chi connectivity index (χ0) is 18.7. The van der Waals surface area contributed by atoms with Gasteiger partial charge in [-0.05, 0) is 36.2 Å². The Labute approximate surface area is 156 Å². The van der Waals surface area contributed by atoms with Crippen molar-refractivity contribution in [2.75, 3.05) is 6.54 Å². The Morgan fingerprint density at radius 1 is 1.23 bits per heavy atom. The van der Waals surface area contributed by atoms with Crippen LogP contribution in [0.15, 0.2) is 48.5 Å². The largest absolute Gasteiger partial charge is 0.346 e. The summed E-state index contributed by atoms with van der Waals surface area (Å²) >= 11 is 6.00. The van der Waals surface area contributed by atoms with Gasteiger partial charge in [0.25, 0.3) is 5.91 Å². The van der Waals surface area contributed by atoms with Crippen LogP contribution < -0.4 is 10.6 Å². The number of carbonyl (C=O) groups excluding carboxylic acids is 3. The fourth-order valence-electron chi connectivity index (χ4n) is 2.80. The number of rotatable bonds is 5. The van der Waals surface area contributed by atoms with Crippen molar-refractivity contribution in [2.45, 2.75) is 19.5 Å². The van der Waals surface area contributed by atoms with Crippen LogP contribution >= 0.6 is 11.6 Å². The van der Waals surface area contributed by atoms with E-state index in [1.165, 1.54) is 0 Å². The fourth-order valence-corrected chi connectivity index (χ4v) is 3.00. The molecule has 2 aromatic rings. The Morgan fingerprint density at radius 3 is 2.69 bits per heavy atom. The van der Waals surface area contributed by atoms with Gasteiger partial charge < -0.3 is 10.6 Å². The summed E-state index contributed by atoms with van der Waals surface area (Å²) in [6.45, 7) is 1.91. The van der Waals surface area contributed by atoms with Crippen molar-refractivity contribution in [3.05, 3.63) is 70.2 Å². The molecule has 1 heterocycles. The number of hydrogen-bond acceptors (Lipinski definition) is 3. The maximum Gasteiger partial charge on any atom is 0.324 e. The number of imide groups is 1. The molecule has 0 radical (unpaired) electrons. The molecule has 1 unspecified atom stereocenters. The van der Waals surface area contributed by atoms with Gasteiger partial charge in [-0.25, -0.2) is 4.79 Å². The van der Waals surface area contributed by atoms with E-state index < -0.39 is 6.03 Å². The molecule has 2 aromatic carbocycles. The molecule has 2 N–H and O–H groups in total. The van der Waals surface area contributed by atoms with E-state index in [0.717, 1.165) is 10.5 Å². The second kappa shape index (κ2) is 7.58. The van der Waals surface area contributed by atoms with Gasteiger partial charge in [0.2, 0.25) is 5.91 Å². The number of amides is 4. The standard InChI is InChI=1S/C19H18ClN3O3/c1-12(13-6-4-7-15(20)9-13)22-18(25)16-8-3-2-5-14(16)11-23-17(24)10-21-19(23)26/h2-9,12H,10-11H2,1H3,(H,21,26)(H,22,25). The van der Waals surface area contributed by atoms with Crippen LogP contribution in [0.3, 0.4) is 0 Å². The molecule has 0 spiro atoms. The first kappa shape index (κ1) is 17.9. The Hall–Kier alpha value is -2.86. The molecule has 7 heteroatoms. The normalized spacial score (nSPS) is 14.9. The highest BCUT2D eigenvalue weighted by atomic mass is 35.5. The van der Waals surface area contributed by atoms with E-state index in [1.54, 1.807) is 36.4 Å². The van der Waals surface area contributed by atoms with Gasteiger partial charge in [0, 0.05) is 10.6 Å². The van der Waals surface area contributed by atoms with E-state index in [1.807, 2.05) is 19.1 Å². The highest BCUT2D eigenvalue weighted by molar-refractivity contribution is 6.30. The van der Waals surface area contributed by atoms with Gasteiger partial charge in [-0.15, -0.1) is 0 Å². The topological polar surface area (TPSA) is 78.5 Å². The lowest BCUT2D eigenvalue weighted by molar-refractivity contribution is -0.125. The molecule has 26 heavy (non-hydrogen) atoms. The van der Waals surface area contributed by atoms with Crippen LogP contribution in [0.2, 0.25) is 5.02 Å². The third-order valence-corrected chi connectivity index (χ3v) is 4.46. The van der Waals surface area contributed by atoms with E-state index >= 15 is 0 Å². The van der Waals surface area contributed by atoms with Crippen LogP contribution in [0.1, 0.15) is 34.5 Å². The molecule has 134 valence electrons. The van der Waals surface area contributed by atoms with Gasteiger partial charge in [0.15, 0.2) is 0 Å². The van der Waals surface area contributed by atoms with Crippen molar-refractivity contribution < 1.29 is 14.4 Å². The summed E-state index contributed by atoms with van der Waals surface area (Å²) in [5.41, 5.74) is 1.92. The first-order valence-corrected chi connectivity index (χ1v) is 8.56. The quantitative estimate of drug-likeness (QED) is 0.793. The van der Waals surface area contributed by atoms with E-state index in [2.05, 4.69) is 10.6 Å². The molecule has 0 aromatic heterocycles. The molecule has 4 amide bonds. The molecule has 0 aliphatic carbocycles. The van der Waals surface area contributed by atoms with Crippen LogP contribution in [0.5, 0.6) is 0 Å². The van der Waals surface area contributed by atoms with Crippen molar-refractivity contribution in [3.8, 4) is 0 Å². The van der Waals surface area contributed by atoms with Crippen LogP contribution in [0.4, 0.5) is 4.79 Å². The zero-order valence-corrected chi connectivity index (χ0v) is 14.9. The Bertz CT molecular complexity index is 853. The minimum absolute atomic E-state index is 0.0149. The number of nitrogens with zero attached hydrogens (tertiary/aromatic N) is 1. The van der Waals surface area contributed by atoms with Gasteiger partial charge in [-0.3, -0.25) is 14.5 Å². The predicted molar refractivity (Wildman–Crippen MR) is 97.7 cm³/mol. The molecule has 0 saturated carbocycles. The molecular formula is C19H18ClN3O3. The highest BCUT2D eigenvalue weighted by Crippen LogP contribution is 2.19. The molecule has 1 fully saturated rings. The van der Waals surface area contributed by atoms with Gasteiger partial charge in [0.1, 0.15) is 0 Å². The Kier molecular flexibility index (Phi) is 5.23. The van der Waals surface area contributed by atoms with Crippen molar-refractivity contribution in [1.82, 2.24) is 15.5 Å². The molecular weight excluding hydrogens is 354 g/mol. The van der Waals surface area contributed by atoms with Crippen molar-refractivity contribution >= 4 is 29.4 Å². The summed E-state index contributed by atoms with van der Waals surface area (Å²) in [6.07, 6.45) is 0. The average Bonchev–Trinajstić information content (AvgIpc) is 2.94. The highest BCUT2D eigenvalue weighted by Gasteiger charge is 2.29. The van der Waals surface area contributed by atoms with Crippen molar-refractivity contribution in [1.29, 1.82) is 0 Å². The van der Waals surface area contributed by atoms with Gasteiger partial charge >= 0.3 is 6.03 Å². The SMILES string of the molecule is CC(NC(=O)c1ccccc1CN1C(=O)CNC1=O)c1cccc(Cl)c1. The third-order valence-electron chi connectivity index (χ3n) is 4.22. The second-order valence-corrected chi connectivity index (χ2v) is 6.48. The predicted octanol–water partition coefficient (Wildman–Crippen LogP) is 2.88. The lowest BCUT2D eigenvalue weighted by Crippen LogP contribution is -2.32. The second-order valence-electron chi connectivity index (χ2n) is 6.05. The van der Waals surface area contributed by atoms with E-state index in [-0.39, 0.29) is 30.9 Å². The Morgan fingerprint density at radius 2 is 2.00 bits per heavy atom. The minimum atomic E-state index is -0.447. The molecule has 1 aliphatic rings. The zero-order valence-electron chi connectivity index (χ0n) is 14.2. The number of urea groups is 1. The lowest BCUT2D eigenvalue weighted by Gasteiger charge is -2.18. The molecule has 1 atom stereocenters. The van der Waals surface area contributed by atoms with Gasteiger partial charge in [-0.1, -0.05) is 41.9 Å². The summed E-state index contributed by atoms with van der Waals surface area (Å²) in [4.78, 5) is 37.4. The minimum Gasteiger partial charge on any atom is -0.346 e. The molecule has 6 nitrogen and oxygen atoms in total. The summed E-state index contributed by atoms with van der Waals surface area (Å²) in [5.74, 6) is -0.586. The maximum absolute atomic E-state index is 12.7. The number of carbonyl (C=O) groups is 3. The van der Waals surface area contributed by atoms with Crippen LogP contribution in [0, 0.1) is 0 Å². The van der Waals surface area contributed by atoms with Gasteiger partial charge in [-0.2, -0.15) is 0 Å². The van der Waals surface area contributed by atoms with Gasteiger partial charge in [0.05, 0.1) is 19.1 Å². The smallest absolute Gasteiger partial charge is 0.324 e. The molecule has 1 saturated heterocycles. The van der Waals surface area contributed by atoms with E-state index in [0.29, 0.717) is 16.1 Å². The van der Waals surface area contributed by atoms with Crippen LogP contribution in [-0.2, 0) is 11.3 Å². The summed E-state index contributed by atoms with van der Waals surface area (Å²) in [6, 6.07) is 13.5.